The van der Waals surface area contributed by atoms with E-state index in [9.17, 15) is 8.42 Å². The van der Waals surface area contributed by atoms with Gasteiger partial charge in [-0.15, -0.1) is 12.3 Å². The largest absolute Gasteiger partial charge is 0.358 e. The Morgan fingerprint density at radius 3 is 2.54 bits per heavy atom. The minimum atomic E-state index is -3.50. The second-order valence-corrected chi connectivity index (χ2v) is 8.77. The molecular formula is C23H26N2O2S. The summed E-state index contributed by atoms with van der Waals surface area (Å²) in [6.07, 6.45) is 9.68. The van der Waals surface area contributed by atoms with E-state index in [1.165, 1.54) is 11.3 Å². The summed E-state index contributed by atoms with van der Waals surface area (Å²) in [6.45, 7) is 2.29. The summed E-state index contributed by atoms with van der Waals surface area (Å²) in [5.41, 5.74) is 4.48. The monoisotopic (exact) mass is 394 g/mol. The second kappa shape index (κ2) is 9.09. The summed E-state index contributed by atoms with van der Waals surface area (Å²) in [6, 6.07) is 15.1. The molecule has 28 heavy (non-hydrogen) atoms. The zero-order valence-corrected chi connectivity index (χ0v) is 17.0. The van der Waals surface area contributed by atoms with Gasteiger partial charge in [-0.2, -0.15) is 0 Å². The minimum absolute atomic E-state index is 0.298. The van der Waals surface area contributed by atoms with E-state index in [0.717, 1.165) is 42.1 Å². The molecule has 0 aliphatic carbocycles. The number of sulfonamides is 1. The summed E-state index contributed by atoms with van der Waals surface area (Å²) in [7, 11) is -3.50. The first-order valence-electron chi connectivity index (χ1n) is 9.59. The Kier molecular flexibility index (Phi) is 6.56. The van der Waals surface area contributed by atoms with E-state index >= 15 is 0 Å². The molecule has 0 spiro atoms. The Morgan fingerprint density at radius 2 is 1.79 bits per heavy atom. The maximum Gasteiger partial charge on any atom is 0.240 e. The van der Waals surface area contributed by atoms with Crippen LogP contribution in [0.3, 0.4) is 0 Å². The fourth-order valence-electron chi connectivity index (χ4n) is 3.39. The number of H-pyrrole nitrogens is 1. The number of benzene rings is 2. The molecule has 4 nitrogen and oxygen atoms in total. The molecule has 3 rings (SSSR count). The third-order valence-electron chi connectivity index (χ3n) is 4.90. The Bertz CT molecular complexity index is 1070. The summed E-state index contributed by atoms with van der Waals surface area (Å²) in [5.74, 6) is 2.68. The summed E-state index contributed by atoms with van der Waals surface area (Å²) in [4.78, 5) is 3.80. The molecule has 0 saturated carbocycles. The van der Waals surface area contributed by atoms with Gasteiger partial charge in [-0.3, -0.25) is 0 Å². The van der Waals surface area contributed by atoms with E-state index < -0.39 is 10.0 Å². The lowest BCUT2D eigenvalue weighted by atomic mass is 10.0. The van der Waals surface area contributed by atoms with Crippen LogP contribution in [0.1, 0.15) is 36.1 Å². The van der Waals surface area contributed by atoms with Crippen molar-refractivity contribution in [2.24, 2.45) is 0 Å². The van der Waals surface area contributed by atoms with Gasteiger partial charge in [0.1, 0.15) is 0 Å². The SMILES string of the molecule is C#CCCCCc1[nH]c2ccccc2c1CCNS(=O)(=O)c1ccc(C)cc1. The third-order valence-corrected chi connectivity index (χ3v) is 6.38. The van der Waals surface area contributed by atoms with Gasteiger partial charge in [-0.25, -0.2) is 13.1 Å². The molecule has 1 heterocycles. The van der Waals surface area contributed by atoms with Crippen LogP contribution in [0, 0.1) is 19.3 Å². The molecule has 0 saturated heterocycles. The maximum atomic E-state index is 12.5. The van der Waals surface area contributed by atoms with Gasteiger partial charge >= 0.3 is 0 Å². The molecule has 1 aromatic heterocycles. The van der Waals surface area contributed by atoms with Crippen LogP contribution in [-0.2, 0) is 22.9 Å². The quantitative estimate of drug-likeness (QED) is 0.419. The molecule has 0 amide bonds. The van der Waals surface area contributed by atoms with Crippen molar-refractivity contribution in [3.8, 4) is 12.3 Å². The number of para-hydroxylation sites is 1. The van der Waals surface area contributed by atoms with Crippen LogP contribution in [0.2, 0.25) is 0 Å². The highest BCUT2D eigenvalue weighted by atomic mass is 32.2. The summed E-state index contributed by atoms with van der Waals surface area (Å²) < 4.78 is 27.8. The molecular weight excluding hydrogens is 368 g/mol. The molecule has 5 heteroatoms. The highest BCUT2D eigenvalue weighted by molar-refractivity contribution is 7.89. The zero-order valence-electron chi connectivity index (χ0n) is 16.2. The van der Waals surface area contributed by atoms with Gasteiger partial charge < -0.3 is 4.98 Å². The van der Waals surface area contributed by atoms with Gasteiger partial charge in [0.2, 0.25) is 10.0 Å². The van der Waals surface area contributed by atoms with Crippen LogP contribution in [0.15, 0.2) is 53.4 Å². The lowest BCUT2D eigenvalue weighted by Gasteiger charge is -2.08. The van der Waals surface area contributed by atoms with Gasteiger partial charge in [-0.05, 0) is 56.4 Å². The number of aromatic amines is 1. The maximum absolute atomic E-state index is 12.5. The van der Waals surface area contributed by atoms with Crippen molar-refractivity contribution in [1.29, 1.82) is 0 Å². The first-order chi connectivity index (χ1) is 13.5. The van der Waals surface area contributed by atoms with Crippen molar-refractivity contribution in [1.82, 2.24) is 9.71 Å². The minimum Gasteiger partial charge on any atom is -0.358 e. The van der Waals surface area contributed by atoms with Gasteiger partial charge in [0.15, 0.2) is 0 Å². The topological polar surface area (TPSA) is 62.0 Å². The highest BCUT2D eigenvalue weighted by Crippen LogP contribution is 2.24. The molecule has 0 atom stereocenters. The van der Waals surface area contributed by atoms with Crippen molar-refractivity contribution in [3.63, 3.8) is 0 Å². The predicted molar refractivity (Wildman–Crippen MR) is 115 cm³/mol. The standard InChI is InChI=1S/C23H26N2O2S/c1-3-4-5-6-10-23-21(20-9-7-8-11-22(20)25-23)16-17-24-28(26,27)19-14-12-18(2)13-15-19/h1,7-9,11-15,24-25H,4-6,10,16-17H2,2H3. The summed E-state index contributed by atoms with van der Waals surface area (Å²) >= 11 is 0. The average molecular weight is 395 g/mol. The molecule has 0 bridgehead atoms. The van der Waals surface area contributed by atoms with E-state index in [4.69, 9.17) is 6.42 Å². The van der Waals surface area contributed by atoms with Crippen molar-refractivity contribution < 1.29 is 8.42 Å². The van der Waals surface area contributed by atoms with Crippen LogP contribution in [0.5, 0.6) is 0 Å². The van der Waals surface area contributed by atoms with Crippen LogP contribution in [0.4, 0.5) is 0 Å². The Balaban J connectivity index is 1.72. The Morgan fingerprint density at radius 1 is 1.04 bits per heavy atom. The molecule has 2 N–H and O–H groups in total. The van der Waals surface area contributed by atoms with Gasteiger partial charge in [0, 0.05) is 29.6 Å². The number of aryl methyl sites for hydroxylation is 2. The molecule has 146 valence electrons. The number of rotatable bonds is 9. The van der Waals surface area contributed by atoms with Crippen LogP contribution >= 0.6 is 0 Å². The molecule has 0 aliphatic heterocycles. The van der Waals surface area contributed by atoms with Gasteiger partial charge in [-0.1, -0.05) is 35.9 Å². The van der Waals surface area contributed by atoms with E-state index in [-0.39, 0.29) is 0 Å². The van der Waals surface area contributed by atoms with Crippen molar-refractivity contribution >= 4 is 20.9 Å². The highest BCUT2D eigenvalue weighted by Gasteiger charge is 2.15. The number of aromatic nitrogens is 1. The molecule has 0 radical (unpaired) electrons. The van der Waals surface area contributed by atoms with E-state index in [1.54, 1.807) is 12.1 Å². The van der Waals surface area contributed by atoms with Gasteiger partial charge in [0.05, 0.1) is 4.90 Å². The molecule has 2 aromatic carbocycles. The van der Waals surface area contributed by atoms with Crippen molar-refractivity contribution in [2.75, 3.05) is 6.54 Å². The Labute approximate surface area is 167 Å². The predicted octanol–water partition coefficient (Wildman–Crippen LogP) is 4.34. The van der Waals surface area contributed by atoms with Gasteiger partial charge in [0.25, 0.3) is 0 Å². The molecule has 0 fully saturated rings. The van der Waals surface area contributed by atoms with E-state index in [0.29, 0.717) is 17.9 Å². The molecule has 0 unspecified atom stereocenters. The Hall–Kier alpha value is -2.55. The lowest BCUT2D eigenvalue weighted by Crippen LogP contribution is -2.26. The molecule has 3 aromatic rings. The lowest BCUT2D eigenvalue weighted by molar-refractivity contribution is 0.581. The number of unbranched alkanes of at least 4 members (excludes halogenated alkanes) is 2. The van der Waals surface area contributed by atoms with Crippen LogP contribution in [-0.4, -0.2) is 19.9 Å². The first kappa shape index (κ1) is 20.2. The second-order valence-electron chi connectivity index (χ2n) is 7.00. The first-order valence-corrected chi connectivity index (χ1v) is 11.1. The molecule has 0 aliphatic rings. The number of fused-ring (bicyclic) bond motifs is 1. The smallest absolute Gasteiger partial charge is 0.240 e. The fourth-order valence-corrected chi connectivity index (χ4v) is 4.43. The van der Waals surface area contributed by atoms with Crippen LogP contribution < -0.4 is 4.72 Å². The fraction of sp³-hybridized carbons (Fsp3) is 0.304. The van der Waals surface area contributed by atoms with Crippen molar-refractivity contribution in [2.45, 2.75) is 43.9 Å². The number of nitrogens with one attached hydrogen (secondary N) is 2. The summed E-state index contributed by atoms with van der Waals surface area (Å²) in [5, 5.41) is 1.16. The number of terminal acetylenes is 1. The van der Waals surface area contributed by atoms with Crippen molar-refractivity contribution in [3.05, 3.63) is 65.4 Å². The number of hydrogen-bond acceptors (Lipinski definition) is 2. The average Bonchev–Trinajstić information content (AvgIpc) is 3.03. The normalized spacial score (nSPS) is 11.6. The number of hydrogen-bond donors (Lipinski definition) is 2. The van der Waals surface area contributed by atoms with Crippen LogP contribution in [0.25, 0.3) is 10.9 Å². The van der Waals surface area contributed by atoms with E-state index in [1.807, 2.05) is 31.2 Å². The van der Waals surface area contributed by atoms with E-state index in [2.05, 4.69) is 27.8 Å². The third kappa shape index (κ3) is 4.83. The zero-order chi connectivity index (χ0) is 20.0.